The molecule has 0 aromatic heterocycles. The van der Waals surface area contributed by atoms with Crippen molar-refractivity contribution in [2.24, 2.45) is 0 Å². The Kier molecular flexibility index (Phi) is 11.6. The van der Waals surface area contributed by atoms with Gasteiger partial charge in [0.1, 0.15) is 0 Å². The summed E-state index contributed by atoms with van der Waals surface area (Å²) in [6.45, 7) is 9.19. The molecule has 0 saturated heterocycles. The number of allylic oxidation sites excluding steroid dienone is 8. The van der Waals surface area contributed by atoms with Crippen LogP contribution >= 0.6 is 0 Å². The molecule has 0 aromatic rings. The van der Waals surface area contributed by atoms with Crippen molar-refractivity contribution in [3.05, 3.63) is 46.6 Å². The Bertz CT molecular complexity index is 414. The number of hydrogen-bond donors (Lipinski definition) is 0. The van der Waals surface area contributed by atoms with Crippen LogP contribution in [0.1, 0.15) is 105 Å². The summed E-state index contributed by atoms with van der Waals surface area (Å²) in [5.41, 5.74) is 6.32. The molecule has 0 atom stereocenters. The largest absolute Gasteiger partial charge is 0.0654 e. The van der Waals surface area contributed by atoms with E-state index in [4.69, 9.17) is 0 Å². The van der Waals surface area contributed by atoms with Crippen LogP contribution < -0.4 is 0 Å². The van der Waals surface area contributed by atoms with Gasteiger partial charge in [-0.25, -0.2) is 0 Å². The summed E-state index contributed by atoms with van der Waals surface area (Å²) >= 11 is 0. The average Bonchev–Trinajstić information content (AvgIpc) is 2.59. The zero-order chi connectivity index (χ0) is 17.6. The maximum Gasteiger partial charge on any atom is -0.0276 e. The van der Waals surface area contributed by atoms with Gasteiger partial charge in [0.05, 0.1) is 0 Å². The highest BCUT2D eigenvalue weighted by Gasteiger charge is 2.08. The first-order valence-electron chi connectivity index (χ1n) is 10.6. The number of unbranched alkanes of at least 4 members (excludes halogenated alkanes) is 4. The quantitative estimate of drug-likeness (QED) is 0.337. The maximum atomic E-state index is 2.53. The highest BCUT2D eigenvalue weighted by Crippen LogP contribution is 2.28. The molecule has 0 radical (unpaired) electrons. The van der Waals surface area contributed by atoms with Crippen molar-refractivity contribution in [2.75, 3.05) is 0 Å². The van der Waals surface area contributed by atoms with Gasteiger partial charge in [0, 0.05) is 0 Å². The first-order chi connectivity index (χ1) is 11.7. The fourth-order valence-electron chi connectivity index (χ4n) is 3.22. The molecule has 24 heavy (non-hydrogen) atoms. The molecule has 0 unspecified atom stereocenters. The summed E-state index contributed by atoms with van der Waals surface area (Å²) < 4.78 is 0. The smallest absolute Gasteiger partial charge is 0.0276 e. The molecule has 1 aliphatic rings. The van der Waals surface area contributed by atoms with E-state index in [2.05, 4.69) is 52.0 Å². The Balaban J connectivity index is 3.14. The summed E-state index contributed by atoms with van der Waals surface area (Å²) in [4.78, 5) is 0. The van der Waals surface area contributed by atoms with Crippen molar-refractivity contribution in [3.63, 3.8) is 0 Å². The van der Waals surface area contributed by atoms with Crippen LogP contribution in [-0.2, 0) is 0 Å². The Morgan fingerprint density at radius 1 is 0.500 bits per heavy atom. The van der Waals surface area contributed by atoms with Crippen molar-refractivity contribution in [2.45, 2.75) is 105 Å². The van der Waals surface area contributed by atoms with Crippen LogP contribution in [0.3, 0.4) is 0 Å². The second-order valence-corrected chi connectivity index (χ2v) is 7.24. The molecule has 0 saturated carbocycles. The molecule has 1 aliphatic carbocycles. The zero-order valence-electron chi connectivity index (χ0n) is 16.8. The first-order valence-corrected chi connectivity index (χ1v) is 10.6. The molecular formula is C24H40. The van der Waals surface area contributed by atoms with E-state index >= 15 is 0 Å². The highest BCUT2D eigenvalue weighted by atomic mass is 14.1. The fourth-order valence-corrected chi connectivity index (χ4v) is 3.22. The van der Waals surface area contributed by atoms with E-state index in [0.29, 0.717) is 0 Å². The summed E-state index contributed by atoms with van der Waals surface area (Å²) in [6, 6.07) is 0. The summed E-state index contributed by atoms with van der Waals surface area (Å²) in [6.07, 6.45) is 25.2. The van der Waals surface area contributed by atoms with Crippen molar-refractivity contribution >= 4 is 0 Å². The minimum Gasteiger partial charge on any atom is -0.0654 e. The van der Waals surface area contributed by atoms with Crippen LogP contribution in [-0.4, -0.2) is 0 Å². The van der Waals surface area contributed by atoms with E-state index in [1.165, 1.54) is 77.0 Å². The molecule has 0 aliphatic heterocycles. The predicted octanol–water partition coefficient (Wildman–Crippen LogP) is 8.47. The van der Waals surface area contributed by atoms with Gasteiger partial charge in [0.2, 0.25) is 0 Å². The summed E-state index contributed by atoms with van der Waals surface area (Å²) in [5, 5.41) is 0. The molecule has 0 spiro atoms. The van der Waals surface area contributed by atoms with Crippen molar-refractivity contribution < 1.29 is 0 Å². The lowest BCUT2D eigenvalue weighted by molar-refractivity contribution is 0.754. The lowest BCUT2D eigenvalue weighted by atomic mass is 9.90. The molecule has 136 valence electrons. The second kappa shape index (κ2) is 13.3. The molecule has 0 aromatic carbocycles. The Morgan fingerprint density at radius 2 is 0.833 bits per heavy atom. The van der Waals surface area contributed by atoms with E-state index in [1.807, 2.05) is 0 Å². The minimum atomic E-state index is 1.23. The van der Waals surface area contributed by atoms with Gasteiger partial charge in [-0.05, 0) is 73.7 Å². The molecule has 0 nitrogen and oxygen atoms in total. The minimum absolute atomic E-state index is 1.23. The SMILES string of the molecule is CCCCC1=C/C(CCCC)=C(CCCC)\C=C(CCCC)/C=C\1. The molecule has 0 heteroatoms. The van der Waals surface area contributed by atoms with Crippen LogP contribution in [0.5, 0.6) is 0 Å². The van der Waals surface area contributed by atoms with Gasteiger partial charge in [-0.3, -0.25) is 0 Å². The molecule has 0 amide bonds. The maximum absolute atomic E-state index is 2.53. The van der Waals surface area contributed by atoms with E-state index < -0.39 is 0 Å². The van der Waals surface area contributed by atoms with E-state index in [0.717, 1.165) is 0 Å². The molecular weight excluding hydrogens is 288 g/mol. The van der Waals surface area contributed by atoms with Gasteiger partial charge in [-0.15, -0.1) is 0 Å². The third kappa shape index (κ3) is 8.18. The third-order valence-corrected chi connectivity index (χ3v) is 4.88. The topological polar surface area (TPSA) is 0 Å². The molecule has 0 N–H and O–H groups in total. The second-order valence-electron chi connectivity index (χ2n) is 7.24. The number of hydrogen-bond acceptors (Lipinski definition) is 0. The normalized spacial score (nSPS) is 23.8. The lowest BCUT2D eigenvalue weighted by Gasteiger charge is -2.16. The Hall–Kier alpha value is -1.04. The van der Waals surface area contributed by atoms with Crippen LogP contribution in [0.2, 0.25) is 0 Å². The lowest BCUT2D eigenvalue weighted by Crippen LogP contribution is -1.96. The van der Waals surface area contributed by atoms with Gasteiger partial charge in [0.25, 0.3) is 0 Å². The van der Waals surface area contributed by atoms with Gasteiger partial charge in [-0.1, -0.05) is 77.7 Å². The molecule has 0 heterocycles. The molecule has 1 rings (SSSR count). The van der Waals surface area contributed by atoms with Gasteiger partial charge < -0.3 is 0 Å². The van der Waals surface area contributed by atoms with Crippen LogP contribution in [0.4, 0.5) is 0 Å². The molecule has 0 bridgehead atoms. The van der Waals surface area contributed by atoms with Crippen molar-refractivity contribution in [3.8, 4) is 0 Å². The summed E-state index contributed by atoms with van der Waals surface area (Å²) in [7, 11) is 0. The predicted molar refractivity (Wildman–Crippen MR) is 110 cm³/mol. The average molecular weight is 329 g/mol. The van der Waals surface area contributed by atoms with Gasteiger partial charge in [-0.2, -0.15) is 0 Å². The third-order valence-electron chi connectivity index (χ3n) is 4.88. The zero-order valence-corrected chi connectivity index (χ0v) is 16.8. The monoisotopic (exact) mass is 328 g/mol. The standard InChI is InChI=1S/C24H40/c1-5-9-13-21-17-18-22(14-10-6-2)20-24(16-12-8-4)23(19-21)15-11-7-3/h17-20H,5-16H2,1-4H3/b18-17-,21-17?,21-19-,22-18?,22-20-,23-19?,24-20?,24-23-. The van der Waals surface area contributed by atoms with Gasteiger partial charge in [0.15, 0.2) is 0 Å². The Labute approximate surface area is 151 Å². The summed E-state index contributed by atoms with van der Waals surface area (Å²) in [5.74, 6) is 0. The highest BCUT2D eigenvalue weighted by molar-refractivity contribution is 5.45. The van der Waals surface area contributed by atoms with Crippen LogP contribution in [0.15, 0.2) is 46.6 Å². The van der Waals surface area contributed by atoms with E-state index in [-0.39, 0.29) is 0 Å². The molecule has 0 fully saturated rings. The van der Waals surface area contributed by atoms with Gasteiger partial charge >= 0.3 is 0 Å². The van der Waals surface area contributed by atoms with E-state index in [1.54, 1.807) is 22.3 Å². The van der Waals surface area contributed by atoms with Crippen molar-refractivity contribution in [1.82, 2.24) is 0 Å². The van der Waals surface area contributed by atoms with Crippen LogP contribution in [0.25, 0.3) is 0 Å². The van der Waals surface area contributed by atoms with Crippen molar-refractivity contribution in [1.29, 1.82) is 0 Å². The fraction of sp³-hybridized carbons (Fsp3) is 0.667. The van der Waals surface area contributed by atoms with Crippen LogP contribution in [0, 0.1) is 0 Å². The van der Waals surface area contributed by atoms with E-state index in [9.17, 15) is 0 Å². The first kappa shape index (κ1) is 21.0. The Morgan fingerprint density at radius 3 is 1.17 bits per heavy atom. The number of rotatable bonds is 12.